The van der Waals surface area contributed by atoms with Crippen LogP contribution in [0.2, 0.25) is 0 Å². The molecular weight excluding hydrogens is 304 g/mol. The van der Waals surface area contributed by atoms with Crippen LogP contribution in [-0.4, -0.2) is 12.3 Å². The van der Waals surface area contributed by atoms with Crippen molar-refractivity contribution in [3.63, 3.8) is 0 Å². The van der Waals surface area contributed by atoms with E-state index in [0.29, 0.717) is 12.8 Å². The first-order chi connectivity index (χ1) is 8.52. The Kier molecular flexibility index (Phi) is 3.82. The molecule has 2 rings (SSSR count). The summed E-state index contributed by atoms with van der Waals surface area (Å²) in [5, 5.41) is 0. The summed E-state index contributed by atoms with van der Waals surface area (Å²) < 4.78 is 27.7. The van der Waals surface area contributed by atoms with E-state index in [9.17, 15) is 13.6 Å². The number of halogens is 3. The zero-order valence-electron chi connectivity index (χ0n) is 9.81. The maximum Gasteiger partial charge on any atom is 0.176 e. The summed E-state index contributed by atoms with van der Waals surface area (Å²) in [7, 11) is 0. The van der Waals surface area contributed by atoms with Crippen molar-refractivity contribution in [2.45, 2.75) is 25.7 Å². The SMILES string of the molecule is NCC1(C(=O)c2c(F)ccc(Br)c2F)CCCC1. The quantitative estimate of drug-likeness (QED) is 0.685. The van der Waals surface area contributed by atoms with E-state index in [2.05, 4.69) is 15.9 Å². The van der Waals surface area contributed by atoms with Crippen LogP contribution in [0.25, 0.3) is 0 Å². The maximum absolute atomic E-state index is 13.9. The molecule has 2 N–H and O–H groups in total. The van der Waals surface area contributed by atoms with Gasteiger partial charge in [0.05, 0.1) is 10.0 Å². The molecule has 0 amide bonds. The van der Waals surface area contributed by atoms with E-state index in [4.69, 9.17) is 5.73 Å². The van der Waals surface area contributed by atoms with Crippen LogP contribution in [0.5, 0.6) is 0 Å². The summed E-state index contributed by atoms with van der Waals surface area (Å²) in [6.07, 6.45) is 2.96. The molecule has 1 aliphatic carbocycles. The molecular formula is C13H14BrF2NO. The highest BCUT2D eigenvalue weighted by Crippen LogP contribution is 2.41. The fourth-order valence-corrected chi connectivity index (χ4v) is 2.91. The maximum atomic E-state index is 13.9. The summed E-state index contributed by atoms with van der Waals surface area (Å²) in [6, 6.07) is 2.35. The first kappa shape index (κ1) is 13.6. The molecule has 0 aromatic heterocycles. The summed E-state index contributed by atoms with van der Waals surface area (Å²) in [6.45, 7) is 0.136. The Morgan fingerprint density at radius 2 is 1.94 bits per heavy atom. The molecule has 0 heterocycles. The molecule has 0 unspecified atom stereocenters. The van der Waals surface area contributed by atoms with Gasteiger partial charge in [-0.25, -0.2) is 8.78 Å². The third kappa shape index (κ3) is 2.10. The number of nitrogens with two attached hydrogens (primary N) is 1. The smallest absolute Gasteiger partial charge is 0.176 e. The lowest BCUT2D eigenvalue weighted by molar-refractivity contribution is 0.0800. The number of ketones is 1. The zero-order valence-corrected chi connectivity index (χ0v) is 11.4. The molecule has 0 radical (unpaired) electrons. The number of benzene rings is 1. The Balaban J connectivity index is 2.49. The molecule has 0 atom stereocenters. The van der Waals surface area contributed by atoms with Gasteiger partial charge in [-0.3, -0.25) is 4.79 Å². The normalized spacial score (nSPS) is 18.0. The second kappa shape index (κ2) is 5.05. The molecule has 5 heteroatoms. The predicted octanol–water partition coefficient (Wildman–Crippen LogP) is 3.43. The van der Waals surface area contributed by atoms with Crippen molar-refractivity contribution >= 4 is 21.7 Å². The van der Waals surface area contributed by atoms with Gasteiger partial charge >= 0.3 is 0 Å². The fourth-order valence-electron chi connectivity index (χ4n) is 2.58. The largest absolute Gasteiger partial charge is 0.329 e. The van der Waals surface area contributed by atoms with Gasteiger partial charge < -0.3 is 5.73 Å². The van der Waals surface area contributed by atoms with E-state index in [1.807, 2.05) is 0 Å². The minimum atomic E-state index is -0.834. The average molecular weight is 318 g/mol. The number of hydrogen-bond acceptors (Lipinski definition) is 2. The van der Waals surface area contributed by atoms with Crippen LogP contribution >= 0.6 is 15.9 Å². The van der Waals surface area contributed by atoms with Crippen LogP contribution in [0.4, 0.5) is 8.78 Å². The van der Waals surface area contributed by atoms with Gasteiger partial charge in [0.1, 0.15) is 5.82 Å². The van der Waals surface area contributed by atoms with Gasteiger partial charge in [0.15, 0.2) is 11.6 Å². The molecule has 1 saturated carbocycles. The summed E-state index contributed by atoms with van der Waals surface area (Å²) in [5.74, 6) is -2.15. The molecule has 2 nitrogen and oxygen atoms in total. The van der Waals surface area contributed by atoms with Gasteiger partial charge in [-0.15, -0.1) is 0 Å². The standard InChI is InChI=1S/C13H14BrF2NO/c14-8-3-4-9(15)10(11(8)16)12(18)13(7-17)5-1-2-6-13/h3-4H,1-2,5-7,17H2. The average Bonchev–Trinajstić information content (AvgIpc) is 2.84. The van der Waals surface area contributed by atoms with Crippen LogP contribution in [0.3, 0.4) is 0 Å². The zero-order chi connectivity index (χ0) is 13.3. The molecule has 18 heavy (non-hydrogen) atoms. The number of carbonyl (C=O) groups excluding carboxylic acids is 1. The fraction of sp³-hybridized carbons (Fsp3) is 0.462. The van der Waals surface area contributed by atoms with Crippen molar-refractivity contribution in [2.24, 2.45) is 11.1 Å². The summed E-state index contributed by atoms with van der Waals surface area (Å²) >= 11 is 2.97. The van der Waals surface area contributed by atoms with Crippen LogP contribution in [0, 0.1) is 17.0 Å². The van der Waals surface area contributed by atoms with Crippen molar-refractivity contribution < 1.29 is 13.6 Å². The van der Waals surface area contributed by atoms with E-state index < -0.39 is 28.4 Å². The van der Waals surface area contributed by atoms with Crippen molar-refractivity contribution in [1.29, 1.82) is 0 Å². The Morgan fingerprint density at radius 3 is 2.50 bits per heavy atom. The second-order valence-corrected chi connectivity index (χ2v) is 5.59. The van der Waals surface area contributed by atoms with Crippen molar-refractivity contribution in [3.05, 3.63) is 33.8 Å². The minimum Gasteiger partial charge on any atom is -0.329 e. The van der Waals surface area contributed by atoms with Crippen molar-refractivity contribution in [3.8, 4) is 0 Å². The highest BCUT2D eigenvalue weighted by Gasteiger charge is 2.42. The first-order valence-electron chi connectivity index (χ1n) is 5.90. The first-order valence-corrected chi connectivity index (χ1v) is 6.69. The highest BCUT2D eigenvalue weighted by atomic mass is 79.9. The third-order valence-corrected chi connectivity index (χ3v) is 4.32. The Labute approximate surface area is 113 Å². The van der Waals surface area contributed by atoms with Gasteiger partial charge in [0, 0.05) is 12.0 Å². The number of rotatable bonds is 3. The Bertz CT molecular complexity index is 484. The predicted molar refractivity (Wildman–Crippen MR) is 68.3 cm³/mol. The summed E-state index contributed by atoms with van der Waals surface area (Å²) in [4.78, 5) is 12.4. The minimum absolute atomic E-state index is 0.0948. The Morgan fingerprint density at radius 1 is 1.33 bits per heavy atom. The van der Waals surface area contributed by atoms with E-state index in [0.717, 1.165) is 18.9 Å². The molecule has 1 fully saturated rings. The van der Waals surface area contributed by atoms with Crippen LogP contribution in [0.1, 0.15) is 36.0 Å². The number of carbonyl (C=O) groups is 1. The topological polar surface area (TPSA) is 43.1 Å². The van der Waals surface area contributed by atoms with Gasteiger partial charge in [-0.2, -0.15) is 0 Å². The van der Waals surface area contributed by atoms with Crippen LogP contribution in [0.15, 0.2) is 16.6 Å². The number of Topliss-reactive ketones (excluding diaryl/α,β-unsaturated/α-hetero) is 1. The van der Waals surface area contributed by atoms with Gasteiger partial charge in [0.25, 0.3) is 0 Å². The lowest BCUT2D eigenvalue weighted by Crippen LogP contribution is -2.37. The second-order valence-electron chi connectivity index (χ2n) is 4.74. The van der Waals surface area contributed by atoms with Gasteiger partial charge in [-0.1, -0.05) is 12.8 Å². The monoisotopic (exact) mass is 317 g/mol. The van der Waals surface area contributed by atoms with Crippen LogP contribution < -0.4 is 5.73 Å². The molecule has 1 aromatic rings. The van der Waals surface area contributed by atoms with E-state index in [-0.39, 0.29) is 11.0 Å². The van der Waals surface area contributed by atoms with Crippen LogP contribution in [-0.2, 0) is 0 Å². The third-order valence-electron chi connectivity index (χ3n) is 3.70. The Hall–Kier alpha value is -0.810. The van der Waals surface area contributed by atoms with Crippen molar-refractivity contribution in [1.82, 2.24) is 0 Å². The van der Waals surface area contributed by atoms with Crippen molar-refractivity contribution in [2.75, 3.05) is 6.54 Å². The molecule has 0 bridgehead atoms. The molecule has 0 spiro atoms. The molecule has 0 saturated heterocycles. The molecule has 0 aliphatic heterocycles. The lowest BCUT2D eigenvalue weighted by Gasteiger charge is -2.25. The van der Waals surface area contributed by atoms with E-state index >= 15 is 0 Å². The van der Waals surface area contributed by atoms with E-state index in [1.54, 1.807) is 0 Å². The lowest BCUT2D eigenvalue weighted by atomic mass is 9.78. The van der Waals surface area contributed by atoms with Gasteiger partial charge in [-0.05, 0) is 40.9 Å². The van der Waals surface area contributed by atoms with E-state index in [1.165, 1.54) is 6.07 Å². The molecule has 1 aromatic carbocycles. The molecule has 1 aliphatic rings. The van der Waals surface area contributed by atoms with Gasteiger partial charge in [0.2, 0.25) is 0 Å². The highest BCUT2D eigenvalue weighted by molar-refractivity contribution is 9.10. The number of hydrogen-bond donors (Lipinski definition) is 1. The molecule has 98 valence electrons. The summed E-state index contributed by atoms with van der Waals surface area (Å²) in [5.41, 5.74) is 4.42.